The Morgan fingerprint density at radius 3 is 1.97 bits per heavy atom. The molecule has 12 rings (SSSR count). The minimum absolute atomic E-state index is 0.0730. The van der Waals surface area contributed by atoms with E-state index in [9.17, 15) is 0 Å². The summed E-state index contributed by atoms with van der Waals surface area (Å²) < 4.78 is 5.06. The molecule has 0 saturated heterocycles. The molecule has 2 aromatic heterocycles. The van der Waals surface area contributed by atoms with E-state index in [-0.39, 0.29) is 5.41 Å². The first kappa shape index (κ1) is 36.0. The van der Waals surface area contributed by atoms with Gasteiger partial charge in [-0.25, -0.2) is 0 Å². The van der Waals surface area contributed by atoms with Gasteiger partial charge in [0.05, 0.1) is 11.0 Å². The standard InChI is InChI=1S/C58H44N2S/c1-37-34-44(36-52-56(37)49-18-7-10-21-51(49)58(52,2)3)59(43-31-26-39(27-32-43)45-19-13-20-48-47-17-9-12-23-55(47)61-57(45)48)42-29-24-38(25-30-42)40-28-33-54-50(35-40)46-16-8-11-22-53(46)60(54)41-14-5-4-6-15-41/h4-33,35-37H,34H2,1-3H3. The van der Waals surface area contributed by atoms with Crippen LogP contribution in [0, 0.1) is 5.92 Å². The van der Waals surface area contributed by atoms with E-state index in [0.29, 0.717) is 5.92 Å². The van der Waals surface area contributed by atoms with E-state index in [1.165, 1.54) is 109 Å². The molecule has 0 spiro atoms. The minimum atomic E-state index is -0.0730. The highest BCUT2D eigenvalue weighted by Gasteiger charge is 2.41. The maximum absolute atomic E-state index is 2.52. The number of anilines is 2. The number of rotatable bonds is 6. The summed E-state index contributed by atoms with van der Waals surface area (Å²) in [6.07, 6.45) is 3.47. The molecule has 10 aromatic rings. The lowest BCUT2D eigenvalue weighted by atomic mass is 9.77. The molecule has 2 aliphatic rings. The highest BCUT2D eigenvalue weighted by molar-refractivity contribution is 7.26. The van der Waals surface area contributed by atoms with Crippen molar-refractivity contribution in [3.8, 4) is 27.9 Å². The van der Waals surface area contributed by atoms with E-state index in [2.05, 4.69) is 224 Å². The molecule has 0 fully saturated rings. The zero-order valence-corrected chi connectivity index (χ0v) is 35.4. The molecule has 1 unspecified atom stereocenters. The predicted octanol–water partition coefficient (Wildman–Crippen LogP) is 16.3. The molecule has 292 valence electrons. The second kappa shape index (κ2) is 13.8. The number of hydrogen-bond donors (Lipinski definition) is 0. The molecule has 1 atom stereocenters. The maximum Gasteiger partial charge on any atom is 0.0541 e. The SMILES string of the molecule is CC1CC(N(c2ccc(-c3ccc4c(c3)c3ccccc3n4-c3ccccc3)cc2)c2ccc(-c3cccc4c3sc3ccccc34)cc2)=CC2=C1c1ccccc1C2(C)C. The molecule has 0 radical (unpaired) electrons. The molecule has 0 aliphatic heterocycles. The van der Waals surface area contributed by atoms with Crippen LogP contribution < -0.4 is 4.90 Å². The molecule has 61 heavy (non-hydrogen) atoms. The zero-order valence-electron chi connectivity index (χ0n) is 34.6. The summed E-state index contributed by atoms with van der Waals surface area (Å²) in [5.41, 5.74) is 18.0. The van der Waals surface area contributed by atoms with Crippen molar-refractivity contribution in [3.63, 3.8) is 0 Å². The third-order valence-electron chi connectivity index (χ3n) is 13.4. The lowest BCUT2D eigenvalue weighted by Crippen LogP contribution is -2.24. The molecule has 0 amide bonds. The Bertz CT molecular complexity index is 3410. The smallest absolute Gasteiger partial charge is 0.0541 e. The molecule has 2 nitrogen and oxygen atoms in total. The van der Waals surface area contributed by atoms with Crippen molar-refractivity contribution in [1.82, 2.24) is 4.57 Å². The lowest BCUT2D eigenvalue weighted by molar-refractivity contribution is 0.634. The first-order valence-electron chi connectivity index (χ1n) is 21.5. The largest absolute Gasteiger partial charge is 0.314 e. The molecule has 8 aromatic carbocycles. The first-order chi connectivity index (χ1) is 29.9. The van der Waals surface area contributed by atoms with Crippen LogP contribution in [-0.2, 0) is 5.41 Å². The molecular formula is C58H44N2S. The fraction of sp³-hybridized carbons (Fsp3) is 0.103. The summed E-state index contributed by atoms with van der Waals surface area (Å²) in [7, 11) is 0. The number of nitrogens with zero attached hydrogens (tertiary/aromatic N) is 2. The van der Waals surface area contributed by atoms with Crippen LogP contribution in [0.3, 0.4) is 0 Å². The van der Waals surface area contributed by atoms with Gasteiger partial charge in [0.15, 0.2) is 0 Å². The Labute approximate surface area is 361 Å². The molecule has 0 bridgehead atoms. The van der Waals surface area contributed by atoms with Gasteiger partial charge in [0.2, 0.25) is 0 Å². The third-order valence-corrected chi connectivity index (χ3v) is 14.7. The summed E-state index contributed by atoms with van der Waals surface area (Å²) in [5, 5.41) is 5.19. The Hall–Kier alpha value is -6.94. The average molecular weight is 801 g/mol. The number of allylic oxidation sites excluding steroid dienone is 4. The van der Waals surface area contributed by atoms with Crippen LogP contribution in [0.15, 0.2) is 205 Å². The Kier molecular flexibility index (Phi) is 8.14. The van der Waals surface area contributed by atoms with Gasteiger partial charge in [0, 0.05) is 59.1 Å². The quantitative estimate of drug-likeness (QED) is 0.163. The summed E-state index contributed by atoms with van der Waals surface area (Å²) in [6, 6.07) is 69.5. The highest BCUT2D eigenvalue weighted by Crippen LogP contribution is 2.54. The van der Waals surface area contributed by atoms with Gasteiger partial charge in [-0.15, -0.1) is 11.3 Å². The van der Waals surface area contributed by atoms with Crippen LogP contribution in [0.4, 0.5) is 11.4 Å². The van der Waals surface area contributed by atoms with Crippen LogP contribution in [0.2, 0.25) is 0 Å². The van der Waals surface area contributed by atoms with Crippen molar-refractivity contribution in [1.29, 1.82) is 0 Å². The van der Waals surface area contributed by atoms with Gasteiger partial charge in [0.1, 0.15) is 0 Å². The average Bonchev–Trinajstić information content (AvgIpc) is 3.93. The van der Waals surface area contributed by atoms with Gasteiger partial charge in [0.25, 0.3) is 0 Å². The molecular weight excluding hydrogens is 757 g/mol. The summed E-state index contributed by atoms with van der Waals surface area (Å²) in [4.78, 5) is 2.52. The highest BCUT2D eigenvalue weighted by atomic mass is 32.1. The van der Waals surface area contributed by atoms with Crippen molar-refractivity contribution in [2.24, 2.45) is 5.92 Å². The fourth-order valence-electron chi connectivity index (χ4n) is 10.5. The second-order valence-electron chi connectivity index (χ2n) is 17.4. The monoisotopic (exact) mass is 800 g/mol. The maximum atomic E-state index is 2.52. The van der Waals surface area contributed by atoms with Crippen LogP contribution >= 0.6 is 11.3 Å². The number of hydrogen-bond acceptors (Lipinski definition) is 2. The van der Waals surface area contributed by atoms with E-state index in [0.717, 1.165) is 6.42 Å². The van der Waals surface area contributed by atoms with Crippen molar-refractivity contribution < 1.29 is 0 Å². The van der Waals surface area contributed by atoms with Crippen molar-refractivity contribution in [3.05, 3.63) is 217 Å². The molecule has 3 heteroatoms. The van der Waals surface area contributed by atoms with Crippen molar-refractivity contribution >= 4 is 70.3 Å². The number of aromatic nitrogens is 1. The zero-order chi connectivity index (χ0) is 40.8. The molecule has 0 N–H and O–H groups in total. The summed E-state index contributed by atoms with van der Waals surface area (Å²) in [5.74, 6) is 0.384. The van der Waals surface area contributed by atoms with Gasteiger partial charge < -0.3 is 9.47 Å². The van der Waals surface area contributed by atoms with E-state index in [1.807, 2.05) is 11.3 Å². The normalized spacial score (nSPS) is 15.7. The number of benzene rings is 8. The van der Waals surface area contributed by atoms with Gasteiger partial charge in [-0.2, -0.15) is 0 Å². The number of thiophene rings is 1. The molecule has 2 aliphatic carbocycles. The van der Waals surface area contributed by atoms with Crippen LogP contribution in [0.5, 0.6) is 0 Å². The van der Waals surface area contributed by atoms with Gasteiger partial charge >= 0.3 is 0 Å². The second-order valence-corrected chi connectivity index (χ2v) is 18.4. The Morgan fingerprint density at radius 2 is 1.16 bits per heavy atom. The Morgan fingerprint density at radius 1 is 0.541 bits per heavy atom. The van der Waals surface area contributed by atoms with Gasteiger partial charge in [-0.1, -0.05) is 148 Å². The number of para-hydroxylation sites is 2. The summed E-state index contributed by atoms with van der Waals surface area (Å²) >= 11 is 1.89. The molecule has 0 saturated carbocycles. The van der Waals surface area contributed by atoms with Crippen LogP contribution in [0.25, 0.3) is 75.5 Å². The van der Waals surface area contributed by atoms with Crippen LogP contribution in [0.1, 0.15) is 38.3 Å². The lowest BCUT2D eigenvalue weighted by Gasteiger charge is -2.35. The number of fused-ring (bicyclic) bond motifs is 8. The first-order valence-corrected chi connectivity index (χ1v) is 22.3. The van der Waals surface area contributed by atoms with Gasteiger partial charge in [-0.3, -0.25) is 0 Å². The van der Waals surface area contributed by atoms with E-state index >= 15 is 0 Å². The topological polar surface area (TPSA) is 8.17 Å². The van der Waals surface area contributed by atoms with E-state index in [4.69, 9.17) is 0 Å². The van der Waals surface area contributed by atoms with Crippen molar-refractivity contribution in [2.45, 2.75) is 32.6 Å². The molecule has 2 heterocycles. The van der Waals surface area contributed by atoms with E-state index < -0.39 is 0 Å². The van der Waals surface area contributed by atoms with Crippen molar-refractivity contribution in [2.75, 3.05) is 4.90 Å². The summed E-state index contributed by atoms with van der Waals surface area (Å²) in [6.45, 7) is 7.22. The van der Waals surface area contributed by atoms with Gasteiger partial charge in [-0.05, 0) is 124 Å². The van der Waals surface area contributed by atoms with Crippen LogP contribution in [-0.4, -0.2) is 4.57 Å². The Balaban J connectivity index is 0.965. The fourth-order valence-corrected chi connectivity index (χ4v) is 11.8. The predicted molar refractivity (Wildman–Crippen MR) is 261 cm³/mol. The minimum Gasteiger partial charge on any atom is -0.314 e. The third kappa shape index (κ3) is 5.61. The van der Waals surface area contributed by atoms with E-state index in [1.54, 1.807) is 0 Å².